The van der Waals surface area contributed by atoms with Gasteiger partial charge in [-0.15, -0.1) is 0 Å². The molecule has 1 heterocycles. The summed E-state index contributed by atoms with van der Waals surface area (Å²) in [7, 11) is 0. The number of benzene rings is 2. The third-order valence-electron chi connectivity index (χ3n) is 5.60. The van der Waals surface area contributed by atoms with E-state index < -0.39 is 11.7 Å². The second kappa shape index (κ2) is 7.59. The van der Waals surface area contributed by atoms with E-state index >= 15 is 0 Å². The van der Waals surface area contributed by atoms with Crippen LogP contribution >= 0.6 is 0 Å². The van der Waals surface area contributed by atoms with E-state index in [2.05, 4.69) is 10.6 Å². The first-order chi connectivity index (χ1) is 13.8. The molecule has 0 unspecified atom stereocenters. The van der Waals surface area contributed by atoms with E-state index in [-0.39, 0.29) is 23.3 Å². The van der Waals surface area contributed by atoms with Gasteiger partial charge >= 0.3 is 6.18 Å². The summed E-state index contributed by atoms with van der Waals surface area (Å²) in [5.41, 5.74) is 5.83. The van der Waals surface area contributed by atoms with Gasteiger partial charge in [-0.25, -0.2) is 0 Å². The molecule has 29 heavy (non-hydrogen) atoms. The Balaban J connectivity index is 1.63. The smallest absolute Gasteiger partial charge is 0.416 e. The Morgan fingerprint density at radius 2 is 1.86 bits per heavy atom. The number of nitrogens with two attached hydrogens (primary N) is 1. The first-order valence-corrected chi connectivity index (χ1v) is 9.65. The molecule has 0 atom stereocenters. The summed E-state index contributed by atoms with van der Waals surface area (Å²) in [6, 6.07) is 8.85. The summed E-state index contributed by atoms with van der Waals surface area (Å²) >= 11 is 0. The number of ether oxygens (including phenoxy) is 1. The molecule has 0 radical (unpaired) electrons. The normalized spacial score (nSPS) is 20.7. The van der Waals surface area contributed by atoms with Gasteiger partial charge in [-0.3, -0.25) is 4.79 Å². The zero-order chi connectivity index (χ0) is 20.6. The molecule has 1 amide bonds. The van der Waals surface area contributed by atoms with E-state index in [0.717, 1.165) is 25.0 Å². The molecule has 4 rings (SSSR count). The van der Waals surface area contributed by atoms with Crippen molar-refractivity contribution in [3.8, 4) is 11.5 Å². The molecule has 0 bridgehead atoms. The average Bonchev–Trinajstić information content (AvgIpc) is 2.71. The van der Waals surface area contributed by atoms with Gasteiger partial charge in [0, 0.05) is 5.92 Å². The summed E-state index contributed by atoms with van der Waals surface area (Å²) < 4.78 is 45.9. The van der Waals surface area contributed by atoms with Crippen LogP contribution in [-0.2, 0) is 11.0 Å². The van der Waals surface area contributed by atoms with Crippen LogP contribution in [0.15, 0.2) is 36.4 Å². The fourth-order valence-electron chi connectivity index (χ4n) is 3.89. The van der Waals surface area contributed by atoms with Crippen molar-refractivity contribution in [1.29, 1.82) is 0 Å². The van der Waals surface area contributed by atoms with E-state index in [1.54, 1.807) is 24.3 Å². The second-order valence-corrected chi connectivity index (χ2v) is 7.56. The lowest BCUT2D eigenvalue weighted by Gasteiger charge is -2.28. The summed E-state index contributed by atoms with van der Waals surface area (Å²) in [5, 5.41) is 5.79. The molecule has 2 aromatic carbocycles. The second-order valence-electron chi connectivity index (χ2n) is 7.56. The SMILES string of the molecule is NCC1CCC(C(=O)Nc2cc(C(F)(F)F)cc3c2Nc2ccccc2O3)CC1. The number of rotatable bonds is 3. The molecule has 5 nitrogen and oxygen atoms in total. The van der Waals surface area contributed by atoms with E-state index in [1.807, 2.05) is 0 Å². The van der Waals surface area contributed by atoms with Gasteiger partial charge in [0.05, 0.1) is 16.9 Å². The Morgan fingerprint density at radius 3 is 2.55 bits per heavy atom. The van der Waals surface area contributed by atoms with Gasteiger partial charge in [0.15, 0.2) is 11.5 Å². The molecule has 8 heteroatoms. The molecular formula is C21H22F3N3O2. The van der Waals surface area contributed by atoms with Crippen molar-refractivity contribution < 1.29 is 22.7 Å². The Labute approximate surface area is 166 Å². The van der Waals surface area contributed by atoms with Crippen LogP contribution in [0.1, 0.15) is 31.2 Å². The third-order valence-corrected chi connectivity index (χ3v) is 5.60. The van der Waals surface area contributed by atoms with Crippen LogP contribution in [0.25, 0.3) is 0 Å². The number of alkyl halides is 3. The maximum atomic E-state index is 13.4. The number of anilines is 3. The van der Waals surface area contributed by atoms with Crippen molar-refractivity contribution in [1.82, 2.24) is 0 Å². The summed E-state index contributed by atoms with van der Waals surface area (Å²) in [6.45, 7) is 0.593. The van der Waals surface area contributed by atoms with Crippen LogP contribution in [0.4, 0.5) is 30.2 Å². The number of nitrogens with one attached hydrogen (secondary N) is 2. The first-order valence-electron chi connectivity index (χ1n) is 9.65. The van der Waals surface area contributed by atoms with Gasteiger partial charge in [0.2, 0.25) is 5.91 Å². The van der Waals surface area contributed by atoms with Gasteiger partial charge in [-0.05, 0) is 62.4 Å². The number of carbonyl (C=O) groups excluding carboxylic acids is 1. The highest BCUT2D eigenvalue weighted by molar-refractivity contribution is 5.98. The molecule has 2 aromatic rings. The molecule has 154 valence electrons. The fraction of sp³-hybridized carbons (Fsp3) is 0.381. The Bertz CT molecular complexity index is 922. The molecule has 0 spiro atoms. The minimum absolute atomic E-state index is 0.0284. The summed E-state index contributed by atoms with van der Waals surface area (Å²) in [5.74, 6) is 0.353. The van der Waals surface area contributed by atoms with Crippen molar-refractivity contribution in [3.05, 3.63) is 42.0 Å². The predicted octanol–water partition coefficient (Wildman–Crippen LogP) is 5.26. The van der Waals surface area contributed by atoms with Crippen molar-refractivity contribution >= 4 is 23.0 Å². The maximum Gasteiger partial charge on any atom is 0.416 e. The topological polar surface area (TPSA) is 76.4 Å². The van der Waals surface area contributed by atoms with Gasteiger partial charge in [0.1, 0.15) is 5.69 Å². The molecule has 1 fully saturated rings. The minimum Gasteiger partial charge on any atom is -0.453 e. The molecule has 0 aromatic heterocycles. The lowest BCUT2D eigenvalue weighted by Crippen LogP contribution is -2.29. The van der Waals surface area contributed by atoms with Crippen molar-refractivity contribution in [2.24, 2.45) is 17.6 Å². The highest BCUT2D eigenvalue weighted by Crippen LogP contribution is 2.48. The van der Waals surface area contributed by atoms with Gasteiger partial charge < -0.3 is 21.1 Å². The van der Waals surface area contributed by atoms with Gasteiger partial charge in [-0.2, -0.15) is 13.2 Å². The number of carbonyl (C=O) groups is 1. The van der Waals surface area contributed by atoms with Crippen LogP contribution in [0.2, 0.25) is 0 Å². The zero-order valence-electron chi connectivity index (χ0n) is 15.7. The van der Waals surface area contributed by atoms with E-state index in [9.17, 15) is 18.0 Å². The van der Waals surface area contributed by atoms with Crippen molar-refractivity contribution in [2.75, 3.05) is 17.2 Å². The van der Waals surface area contributed by atoms with Crippen molar-refractivity contribution in [2.45, 2.75) is 31.9 Å². The quantitative estimate of drug-likeness (QED) is 0.556. The third kappa shape index (κ3) is 4.03. The molecule has 1 saturated carbocycles. The van der Waals surface area contributed by atoms with E-state index in [1.165, 1.54) is 0 Å². The van der Waals surface area contributed by atoms with Crippen LogP contribution in [0.5, 0.6) is 11.5 Å². The number of halogens is 3. The monoisotopic (exact) mass is 405 g/mol. The maximum absolute atomic E-state index is 13.4. The summed E-state index contributed by atoms with van der Waals surface area (Å²) in [4.78, 5) is 12.8. The highest BCUT2D eigenvalue weighted by Gasteiger charge is 2.35. The molecular weight excluding hydrogens is 383 g/mol. The predicted molar refractivity (Wildman–Crippen MR) is 104 cm³/mol. The Kier molecular flexibility index (Phi) is 5.12. The van der Waals surface area contributed by atoms with Crippen LogP contribution in [-0.4, -0.2) is 12.5 Å². The number of fused-ring (bicyclic) bond motifs is 2. The molecule has 1 aliphatic heterocycles. The standard InChI is InChI=1S/C21H22F3N3O2/c22-21(23,24)14-9-16(27-20(28)13-7-5-12(11-25)6-8-13)19-18(10-14)29-17-4-2-1-3-15(17)26-19/h1-4,9-10,12-13,26H,5-8,11,25H2,(H,27,28). The number of para-hydroxylation sites is 2. The number of amides is 1. The first kappa shape index (κ1) is 19.6. The van der Waals surface area contributed by atoms with E-state index in [4.69, 9.17) is 10.5 Å². The molecule has 2 aliphatic rings. The zero-order valence-corrected chi connectivity index (χ0v) is 15.7. The number of hydrogen-bond acceptors (Lipinski definition) is 4. The van der Waals surface area contributed by atoms with Crippen LogP contribution in [0, 0.1) is 11.8 Å². The molecule has 1 aliphatic carbocycles. The van der Waals surface area contributed by atoms with Gasteiger partial charge in [0.25, 0.3) is 0 Å². The largest absolute Gasteiger partial charge is 0.453 e. The lowest BCUT2D eigenvalue weighted by atomic mass is 9.81. The lowest BCUT2D eigenvalue weighted by molar-refractivity contribution is -0.137. The molecule has 4 N–H and O–H groups in total. The van der Waals surface area contributed by atoms with Crippen LogP contribution in [0.3, 0.4) is 0 Å². The van der Waals surface area contributed by atoms with E-state index in [0.29, 0.717) is 42.4 Å². The van der Waals surface area contributed by atoms with Crippen LogP contribution < -0.4 is 21.1 Å². The Morgan fingerprint density at radius 1 is 1.14 bits per heavy atom. The highest BCUT2D eigenvalue weighted by atomic mass is 19.4. The minimum atomic E-state index is -4.56. The average molecular weight is 405 g/mol. The summed E-state index contributed by atoms with van der Waals surface area (Å²) in [6.07, 6.45) is -1.49. The van der Waals surface area contributed by atoms with Gasteiger partial charge in [-0.1, -0.05) is 12.1 Å². The molecule has 0 saturated heterocycles. The van der Waals surface area contributed by atoms with Crippen molar-refractivity contribution in [3.63, 3.8) is 0 Å². The number of hydrogen-bond donors (Lipinski definition) is 3. The Hall–Kier alpha value is -2.74. The fourth-order valence-corrected chi connectivity index (χ4v) is 3.89.